The highest BCUT2D eigenvalue weighted by Gasteiger charge is 2.26. The van der Waals surface area contributed by atoms with Crippen molar-refractivity contribution in [1.82, 2.24) is 0 Å². The summed E-state index contributed by atoms with van der Waals surface area (Å²) in [6.07, 6.45) is 1.47. The van der Waals surface area contributed by atoms with Gasteiger partial charge in [-0.2, -0.15) is 0 Å². The minimum Gasteiger partial charge on any atom is -0.466 e. The van der Waals surface area contributed by atoms with Crippen LogP contribution in [0.25, 0.3) is 0 Å². The molecule has 2 unspecified atom stereocenters. The van der Waals surface area contributed by atoms with Gasteiger partial charge in [0, 0.05) is 6.92 Å². The van der Waals surface area contributed by atoms with Gasteiger partial charge in [-0.1, -0.05) is 26.0 Å². The zero-order chi connectivity index (χ0) is 14.8. The zero-order valence-electron chi connectivity index (χ0n) is 12.6. The van der Waals surface area contributed by atoms with Gasteiger partial charge in [-0.15, -0.1) is 0 Å². The van der Waals surface area contributed by atoms with Crippen molar-refractivity contribution in [2.45, 2.75) is 41.0 Å². The summed E-state index contributed by atoms with van der Waals surface area (Å²) in [6.45, 7) is 10.1. The maximum absolute atomic E-state index is 12.2. The number of hydrogen-bond donors (Lipinski definition) is 0. The van der Waals surface area contributed by atoms with Crippen LogP contribution in [-0.4, -0.2) is 12.6 Å². The highest BCUT2D eigenvalue weighted by Crippen LogP contribution is 2.36. The van der Waals surface area contributed by atoms with E-state index in [-0.39, 0.29) is 11.8 Å². The third-order valence-corrected chi connectivity index (χ3v) is 2.84. The van der Waals surface area contributed by atoms with Crippen LogP contribution in [-0.2, 0) is 9.53 Å². The second kappa shape index (κ2) is 9.54. The Morgan fingerprint density at radius 1 is 1.37 bits per heavy atom. The van der Waals surface area contributed by atoms with Gasteiger partial charge < -0.3 is 4.74 Å². The summed E-state index contributed by atoms with van der Waals surface area (Å²) in [5.74, 6) is 1.73. The fourth-order valence-corrected chi connectivity index (χ4v) is 1.32. The number of carbonyl (C=O) groups excluding carboxylic acids is 1. The Morgan fingerprint density at radius 3 is 2.05 bits per heavy atom. The fourth-order valence-electron chi connectivity index (χ4n) is 1.32. The van der Waals surface area contributed by atoms with Gasteiger partial charge in [0.2, 0.25) is 0 Å². The first-order chi connectivity index (χ1) is 8.86. The zero-order valence-corrected chi connectivity index (χ0v) is 12.6. The Hall–Kier alpha value is -1.38. The first-order valence-corrected chi connectivity index (χ1v) is 6.72. The Balaban J connectivity index is 0.000000264. The van der Waals surface area contributed by atoms with Crippen molar-refractivity contribution in [3.63, 3.8) is 0 Å². The van der Waals surface area contributed by atoms with Gasteiger partial charge in [-0.3, -0.25) is 4.79 Å². The molecule has 108 valence electrons. The molecular formula is C16H25FO2. The predicted octanol–water partition coefficient (Wildman–Crippen LogP) is 4.37. The van der Waals surface area contributed by atoms with E-state index in [1.54, 1.807) is 13.0 Å². The van der Waals surface area contributed by atoms with Crippen molar-refractivity contribution < 1.29 is 13.9 Å². The molecule has 0 radical (unpaired) electrons. The SMILES string of the molecule is CC1CC1C.CCOC(C)=O.Cc1cccc(F)c1. The molecule has 1 aliphatic carbocycles. The van der Waals surface area contributed by atoms with Gasteiger partial charge in [0.15, 0.2) is 0 Å². The molecule has 0 N–H and O–H groups in total. The first kappa shape index (κ1) is 17.6. The topological polar surface area (TPSA) is 26.3 Å². The van der Waals surface area contributed by atoms with Crippen LogP contribution in [0.1, 0.15) is 39.7 Å². The summed E-state index contributed by atoms with van der Waals surface area (Å²) < 4.78 is 16.6. The highest BCUT2D eigenvalue weighted by atomic mass is 19.1. The van der Waals surface area contributed by atoms with E-state index in [2.05, 4.69) is 18.6 Å². The maximum atomic E-state index is 12.2. The van der Waals surface area contributed by atoms with Crippen molar-refractivity contribution in [3.8, 4) is 0 Å². The Morgan fingerprint density at radius 2 is 1.89 bits per heavy atom. The molecule has 2 rings (SSSR count). The van der Waals surface area contributed by atoms with Gasteiger partial charge in [-0.05, 0) is 49.8 Å². The van der Waals surface area contributed by atoms with Crippen LogP contribution in [0.4, 0.5) is 4.39 Å². The predicted molar refractivity (Wildman–Crippen MR) is 76.4 cm³/mol. The summed E-state index contributed by atoms with van der Waals surface area (Å²) in [4.78, 5) is 9.82. The number of benzene rings is 1. The third kappa shape index (κ3) is 11.4. The Kier molecular flexibility index (Phi) is 8.84. The quantitative estimate of drug-likeness (QED) is 0.707. The molecule has 0 bridgehead atoms. The van der Waals surface area contributed by atoms with E-state index in [1.165, 1.54) is 25.5 Å². The average molecular weight is 268 g/mol. The van der Waals surface area contributed by atoms with Crippen molar-refractivity contribution in [2.75, 3.05) is 6.61 Å². The number of rotatable bonds is 1. The number of halogens is 1. The molecule has 0 amide bonds. The maximum Gasteiger partial charge on any atom is 0.302 e. The number of hydrogen-bond acceptors (Lipinski definition) is 2. The molecule has 1 aromatic carbocycles. The number of esters is 1. The van der Waals surface area contributed by atoms with Crippen LogP contribution < -0.4 is 0 Å². The first-order valence-electron chi connectivity index (χ1n) is 6.72. The molecule has 3 heteroatoms. The summed E-state index contributed by atoms with van der Waals surface area (Å²) in [5.41, 5.74) is 0.963. The smallest absolute Gasteiger partial charge is 0.302 e. The van der Waals surface area contributed by atoms with Gasteiger partial charge in [0.05, 0.1) is 6.61 Å². The van der Waals surface area contributed by atoms with Crippen LogP contribution in [0, 0.1) is 24.6 Å². The molecule has 1 saturated carbocycles. The summed E-state index contributed by atoms with van der Waals surface area (Å²) in [6, 6.07) is 6.50. The third-order valence-electron chi connectivity index (χ3n) is 2.84. The van der Waals surface area contributed by atoms with Gasteiger partial charge in [0.25, 0.3) is 0 Å². The molecule has 2 nitrogen and oxygen atoms in total. The standard InChI is InChI=1S/C7H7F.C5H10.C4H8O2/c1-6-3-2-4-7(8)5-6;1-4-3-5(4)2;1-3-6-4(2)5/h2-5H,1H3;4-5H,3H2,1-2H3;3H2,1-2H3. The fraction of sp³-hybridized carbons (Fsp3) is 0.562. The normalized spacial score (nSPS) is 19.3. The van der Waals surface area contributed by atoms with E-state index in [4.69, 9.17) is 0 Å². The molecule has 0 heterocycles. The molecule has 1 fully saturated rings. The molecule has 0 saturated heterocycles. The van der Waals surface area contributed by atoms with E-state index in [0.29, 0.717) is 6.61 Å². The van der Waals surface area contributed by atoms with E-state index in [1.807, 2.05) is 13.0 Å². The van der Waals surface area contributed by atoms with Crippen LogP contribution in [0.3, 0.4) is 0 Å². The van der Waals surface area contributed by atoms with Crippen molar-refractivity contribution >= 4 is 5.97 Å². The lowest BCUT2D eigenvalue weighted by Gasteiger charge is -1.89. The van der Waals surface area contributed by atoms with Gasteiger partial charge in [0.1, 0.15) is 5.82 Å². The van der Waals surface area contributed by atoms with Crippen LogP contribution in [0.5, 0.6) is 0 Å². The molecule has 0 aromatic heterocycles. The lowest BCUT2D eigenvalue weighted by Crippen LogP contribution is -1.95. The molecule has 1 aromatic rings. The summed E-state index contributed by atoms with van der Waals surface area (Å²) >= 11 is 0. The van der Waals surface area contributed by atoms with Crippen molar-refractivity contribution in [2.24, 2.45) is 11.8 Å². The minimum absolute atomic E-state index is 0.162. The van der Waals surface area contributed by atoms with E-state index < -0.39 is 0 Å². The molecule has 1 aliphatic rings. The van der Waals surface area contributed by atoms with E-state index in [9.17, 15) is 9.18 Å². The second-order valence-electron chi connectivity index (χ2n) is 4.91. The summed E-state index contributed by atoms with van der Waals surface area (Å²) in [5, 5.41) is 0. The minimum atomic E-state index is -0.211. The van der Waals surface area contributed by atoms with Crippen LogP contribution >= 0.6 is 0 Å². The average Bonchev–Trinajstić information content (AvgIpc) is 2.93. The highest BCUT2D eigenvalue weighted by molar-refractivity contribution is 5.65. The lowest BCUT2D eigenvalue weighted by molar-refractivity contribution is -0.140. The summed E-state index contributed by atoms with van der Waals surface area (Å²) in [7, 11) is 0. The monoisotopic (exact) mass is 268 g/mol. The van der Waals surface area contributed by atoms with Gasteiger partial charge in [-0.25, -0.2) is 4.39 Å². The van der Waals surface area contributed by atoms with Crippen molar-refractivity contribution in [3.05, 3.63) is 35.6 Å². The Bertz CT molecular complexity index is 354. The van der Waals surface area contributed by atoms with E-state index in [0.717, 1.165) is 17.4 Å². The number of ether oxygens (including phenoxy) is 1. The van der Waals surface area contributed by atoms with Crippen molar-refractivity contribution in [1.29, 1.82) is 0 Å². The molecule has 2 atom stereocenters. The van der Waals surface area contributed by atoms with Gasteiger partial charge >= 0.3 is 5.97 Å². The van der Waals surface area contributed by atoms with Crippen LogP contribution in [0.2, 0.25) is 0 Å². The Labute approximate surface area is 116 Å². The van der Waals surface area contributed by atoms with E-state index >= 15 is 0 Å². The molecule has 19 heavy (non-hydrogen) atoms. The largest absolute Gasteiger partial charge is 0.466 e. The number of carbonyl (C=O) groups is 1. The molecule has 0 spiro atoms. The molecule has 0 aliphatic heterocycles. The molecular weight excluding hydrogens is 243 g/mol. The van der Waals surface area contributed by atoms with Crippen LogP contribution in [0.15, 0.2) is 24.3 Å². The lowest BCUT2D eigenvalue weighted by atomic mass is 10.2. The number of aryl methyl sites for hydroxylation is 1. The second-order valence-corrected chi connectivity index (χ2v) is 4.91.